The summed E-state index contributed by atoms with van der Waals surface area (Å²) in [5.41, 5.74) is 4.01. The highest BCUT2D eigenvalue weighted by atomic mass is 16.5. The summed E-state index contributed by atoms with van der Waals surface area (Å²) in [4.78, 5) is 16.9. The van der Waals surface area contributed by atoms with E-state index in [-0.39, 0.29) is 5.97 Å². The normalized spacial score (nSPS) is 21.4. The van der Waals surface area contributed by atoms with Crippen LogP contribution in [0.5, 0.6) is 0 Å². The Morgan fingerprint density at radius 2 is 2.15 bits per heavy atom. The lowest BCUT2D eigenvalue weighted by atomic mass is 9.80. The summed E-state index contributed by atoms with van der Waals surface area (Å²) in [5.74, 6) is 0.926. The van der Waals surface area contributed by atoms with Gasteiger partial charge in [0.15, 0.2) is 0 Å². The van der Waals surface area contributed by atoms with Crippen LogP contribution in [0.4, 0.5) is 0 Å². The highest BCUT2D eigenvalue weighted by Crippen LogP contribution is 2.34. The van der Waals surface area contributed by atoms with E-state index in [1.807, 2.05) is 13.0 Å². The van der Waals surface area contributed by atoms with Crippen LogP contribution >= 0.6 is 0 Å². The molecule has 0 amide bonds. The molecule has 3 heteroatoms. The zero-order valence-corrected chi connectivity index (χ0v) is 13.0. The molecule has 1 aromatic rings. The minimum absolute atomic E-state index is 0.225. The summed E-state index contributed by atoms with van der Waals surface area (Å²) in [7, 11) is 0. The van der Waals surface area contributed by atoms with E-state index in [1.54, 1.807) is 0 Å². The second kappa shape index (κ2) is 6.38. The largest absolute Gasteiger partial charge is 0.462 e. The molecular formula is C17H25NO2. The van der Waals surface area contributed by atoms with E-state index < -0.39 is 0 Å². The van der Waals surface area contributed by atoms with Crippen LogP contribution in [-0.2, 0) is 17.6 Å². The molecule has 1 heterocycles. The number of pyridine rings is 1. The molecule has 0 saturated carbocycles. The van der Waals surface area contributed by atoms with E-state index >= 15 is 0 Å². The van der Waals surface area contributed by atoms with Crippen LogP contribution in [0.2, 0.25) is 0 Å². The van der Waals surface area contributed by atoms with Gasteiger partial charge in [-0.3, -0.25) is 4.98 Å². The first-order valence-corrected chi connectivity index (χ1v) is 7.76. The molecule has 0 fully saturated rings. The van der Waals surface area contributed by atoms with Crippen LogP contribution in [-0.4, -0.2) is 17.6 Å². The summed E-state index contributed by atoms with van der Waals surface area (Å²) in [5, 5.41) is 0. The zero-order valence-electron chi connectivity index (χ0n) is 13.0. The number of hydrogen-bond acceptors (Lipinski definition) is 3. The van der Waals surface area contributed by atoms with Crippen molar-refractivity contribution in [3.8, 4) is 0 Å². The first-order valence-electron chi connectivity index (χ1n) is 7.76. The third kappa shape index (κ3) is 3.02. The van der Waals surface area contributed by atoms with E-state index in [2.05, 4.69) is 20.8 Å². The van der Waals surface area contributed by atoms with Gasteiger partial charge in [0.2, 0.25) is 0 Å². The van der Waals surface area contributed by atoms with Gasteiger partial charge in [0.1, 0.15) is 0 Å². The quantitative estimate of drug-likeness (QED) is 0.782. The smallest absolute Gasteiger partial charge is 0.339 e. The fourth-order valence-corrected chi connectivity index (χ4v) is 3.16. The molecule has 20 heavy (non-hydrogen) atoms. The Balaban J connectivity index is 2.45. The minimum Gasteiger partial charge on any atom is -0.462 e. The molecule has 0 spiro atoms. The Hall–Kier alpha value is -1.38. The molecule has 2 rings (SSSR count). The number of hydrogen-bond donors (Lipinski definition) is 0. The molecular weight excluding hydrogens is 250 g/mol. The molecule has 0 N–H and O–H groups in total. The molecule has 2 unspecified atom stereocenters. The number of rotatable bonds is 4. The van der Waals surface area contributed by atoms with Crippen LogP contribution in [0.1, 0.15) is 73.8 Å². The Bertz CT molecular complexity index is 496. The van der Waals surface area contributed by atoms with Crippen molar-refractivity contribution in [2.24, 2.45) is 5.92 Å². The van der Waals surface area contributed by atoms with Gasteiger partial charge in [-0.1, -0.05) is 27.2 Å². The van der Waals surface area contributed by atoms with Crippen molar-refractivity contribution < 1.29 is 9.53 Å². The lowest BCUT2D eigenvalue weighted by molar-refractivity contribution is 0.0524. The van der Waals surface area contributed by atoms with Crippen molar-refractivity contribution in [3.05, 3.63) is 28.6 Å². The summed E-state index contributed by atoms with van der Waals surface area (Å²) < 4.78 is 5.18. The van der Waals surface area contributed by atoms with E-state index in [0.717, 1.165) is 25.0 Å². The van der Waals surface area contributed by atoms with Gasteiger partial charge in [0, 0.05) is 5.69 Å². The molecule has 0 saturated heterocycles. The molecule has 1 aliphatic carbocycles. The molecule has 0 bridgehead atoms. The molecule has 0 aliphatic heterocycles. The maximum absolute atomic E-state index is 12.1. The van der Waals surface area contributed by atoms with Crippen molar-refractivity contribution in [2.45, 2.75) is 59.3 Å². The van der Waals surface area contributed by atoms with E-state index in [9.17, 15) is 4.79 Å². The Kier molecular flexibility index (Phi) is 4.79. The highest BCUT2D eigenvalue weighted by Gasteiger charge is 2.26. The number of nitrogens with zero attached hydrogens (tertiary/aromatic N) is 1. The fourth-order valence-electron chi connectivity index (χ4n) is 3.16. The minimum atomic E-state index is -0.225. The van der Waals surface area contributed by atoms with Gasteiger partial charge in [-0.2, -0.15) is 0 Å². The van der Waals surface area contributed by atoms with Gasteiger partial charge in [-0.05, 0) is 49.7 Å². The fraction of sp³-hybridized carbons (Fsp3) is 0.647. The van der Waals surface area contributed by atoms with Crippen LogP contribution < -0.4 is 0 Å². The van der Waals surface area contributed by atoms with Crippen molar-refractivity contribution in [1.29, 1.82) is 0 Å². The Labute approximate surface area is 121 Å². The number of esters is 1. The van der Waals surface area contributed by atoms with E-state index in [4.69, 9.17) is 9.72 Å². The van der Waals surface area contributed by atoms with Gasteiger partial charge >= 0.3 is 5.97 Å². The number of ether oxygens (including phenoxy) is 1. The molecule has 0 radical (unpaired) electrons. The Morgan fingerprint density at radius 1 is 1.40 bits per heavy atom. The topological polar surface area (TPSA) is 39.2 Å². The SMILES string of the molecule is CCCc1nc2c(cc1C(=O)OCC)C(C)CC(C)C2. The lowest BCUT2D eigenvalue weighted by Crippen LogP contribution is -2.20. The first kappa shape index (κ1) is 15.0. The highest BCUT2D eigenvalue weighted by molar-refractivity contribution is 5.91. The van der Waals surface area contributed by atoms with Crippen molar-refractivity contribution in [1.82, 2.24) is 4.98 Å². The van der Waals surface area contributed by atoms with Gasteiger partial charge < -0.3 is 4.74 Å². The van der Waals surface area contributed by atoms with Crippen LogP contribution in [0.3, 0.4) is 0 Å². The summed E-state index contributed by atoms with van der Waals surface area (Å²) in [6, 6.07) is 2.04. The zero-order chi connectivity index (χ0) is 14.7. The first-order chi connectivity index (χ1) is 9.56. The van der Waals surface area contributed by atoms with Gasteiger partial charge in [-0.25, -0.2) is 4.79 Å². The number of carbonyl (C=O) groups is 1. The number of carbonyl (C=O) groups excluding carboxylic acids is 1. The van der Waals surface area contributed by atoms with Crippen LogP contribution in [0.25, 0.3) is 0 Å². The van der Waals surface area contributed by atoms with Gasteiger partial charge in [0.05, 0.1) is 17.9 Å². The third-order valence-electron chi connectivity index (χ3n) is 4.02. The average molecular weight is 275 g/mol. The van der Waals surface area contributed by atoms with Crippen molar-refractivity contribution >= 4 is 5.97 Å². The standard InChI is InChI=1S/C17H25NO2/c1-5-7-15-14(17(19)20-6-2)10-13-12(4)8-11(3)9-16(13)18-15/h10-12H,5-9H2,1-4H3. The van der Waals surface area contributed by atoms with Gasteiger partial charge in [0.25, 0.3) is 0 Å². The van der Waals surface area contributed by atoms with Crippen molar-refractivity contribution in [2.75, 3.05) is 6.61 Å². The molecule has 2 atom stereocenters. The van der Waals surface area contributed by atoms with Crippen molar-refractivity contribution in [3.63, 3.8) is 0 Å². The van der Waals surface area contributed by atoms with E-state index in [1.165, 1.54) is 17.7 Å². The molecule has 3 nitrogen and oxygen atoms in total. The summed E-state index contributed by atoms with van der Waals surface area (Å²) in [6.45, 7) is 8.87. The predicted molar refractivity (Wildman–Crippen MR) is 80.1 cm³/mol. The monoisotopic (exact) mass is 275 g/mol. The molecule has 110 valence electrons. The van der Waals surface area contributed by atoms with Crippen LogP contribution in [0.15, 0.2) is 6.07 Å². The number of fused-ring (bicyclic) bond motifs is 1. The lowest BCUT2D eigenvalue weighted by Gasteiger charge is -2.27. The molecule has 0 aromatic carbocycles. The van der Waals surface area contributed by atoms with E-state index in [0.29, 0.717) is 24.0 Å². The second-order valence-corrected chi connectivity index (χ2v) is 5.94. The predicted octanol–water partition coefficient (Wildman–Crippen LogP) is 3.90. The Morgan fingerprint density at radius 3 is 2.80 bits per heavy atom. The second-order valence-electron chi connectivity index (χ2n) is 5.94. The molecule has 1 aromatic heterocycles. The number of aromatic nitrogens is 1. The van der Waals surface area contributed by atoms with Gasteiger partial charge in [-0.15, -0.1) is 0 Å². The number of aryl methyl sites for hydroxylation is 1. The maximum atomic E-state index is 12.1. The average Bonchev–Trinajstić information content (AvgIpc) is 2.38. The maximum Gasteiger partial charge on any atom is 0.339 e. The molecule has 1 aliphatic rings. The summed E-state index contributed by atoms with van der Waals surface area (Å²) >= 11 is 0. The van der Waals surface area contributed by atoms with Crippen LogP contribution in [0, 0.1) is 5.92 Å². The summed E-state index contributed by atoms with van der Waals surface area (Å²) in [6.07, 6.45) is 4.02. The third-order valence-corrected chi connectivity index (χ3v) is 4.02.